The van der Waals surface area contributed by atoms with Gasteiger partial charge in [-0.1, -0.05) is 18.2 Å². The maximum Gasteiger partial charge on any atom is 0.354 e. The first-order chi connectivity index (χ1) is 10.9. The smallest absolute Gasteiger partial charge is 0.354 e. The Balaban J connectivity index is 2.90. The molecule has 7 heteroatoms. The van der Waals surface area contributed by atoms with Crippen molar-refractivity contribution in [3.05, 3.63) is 47.7 Å². The van der Waals surface area contributed by atoms with E-state index >= 15 is 0 Å². The van der Waals surface area contributed by atoms with Gasteiger partial charge in [0.15, 0.2) is 0 Å². The molecule has 1 rings (SSSR count). The van der Waals surface area contributed by atoms with E-state index in [4.69, 9.17) is 9.26 Å². The fourth-order valence-corrected chi connectivity index (χ4v) is 2.93. The van der Waals surface area contributed by atoms with Gasteiger partial charge in [0.05, 0.1) is 13.2 Å². The van der Waals surface area contributed by atoms with Crippen LogP contribution in [0.5, 0.6) is 0 Å². The predicted molar refractivity (Wildman–Crippen MR) is 88.6 cm³/mol. The Hall–Kier alpha value is -1.91. The molecule has 1 aromatic rings. The van der Waals surface area contributed by atoms with Gasteiger partial charge in [0.2, 0.25) is 7.37 Å². The molecule has 1 aromatic carbocycles. The third-order valence-corrected chi connectivity index (χ3v) is 4.46. The number of nitrogens with one attached hydrogen (secondary N) is 1. The van der Waals surface area contributed by atoms with Crippen LogP contribution in [0.25, 0.3) is 0 Å². The van der Waals surface area contributed by atoms with Crippen LogP contribution >= 0.6 is 7.37 Å². The van der Waals surface area contributed by atoms with E-state index in [9.17, 15) is 14.2 Å². The van der Waals surface area contributed by atoms with E-state index < -0.39 is 19.2 Å². The maximum atomic E-state index is 12.2. The topological polar surface area (TPSA) is 81.7 Å². The number of hydrogen-bond acceptors (Lipinski definition) is 5. The second-order valence-electron chi connectivity index (χ2n) is 4.77. The summed E-state index contributed by atoms with van der Waals surface area (Å²) in [6.07, 6.45) is 1.42. The van der Waals surface area contributed by atoms with Crippen LogP contribution in [0.15, 0.2) is 42.1 Å². The van der Waals surface area contributed by atoms with E-state index in [1.807, 2.05) is 0 Å². The lowest BCUT2D eigenvalue weighted by Crippen LogP contribution is -2.29. The van der Waals surface area contributed by atoms with Crippen molar-refractivity contribution >= 4 is 19.2 Å². The van der Waals surface area contributed by atoms with Crippen LogP contribution in [0.4, 0.5) is 0 Å². The van der Waals surface area contributed by atoms with Gasteiger partial charge in [-0.05, 0) is 32.1 Å². The summed E-state index contributed by atoms with van der Waals surface area (Å²) in [5.74, 6) is -1.11. The fraction of sp³-hybridized carbons (Fsp3) is 0.375. The lowest BCUT2D eigenvalue weighted by Gasteiger charge is -2.12. The average Bonchev–Trinajstić information content (AvgIpc) is 2.52. The van der Waals surface area contributed by atoms with Gasteiger partial charge in [0.25, 0.3) is 5.91 Å². The molecule has 0 aliphatic carbocycles. The number of esters is 1. The molecule has 0 spiro atoms. The molecule has 0 fully saturated rings. The zero-order chi connectivity index (χ0) is 17.3. The summed E-state index contributed by atoms with van der Waals surface area (Å²) < 4.78 is 22.2. The Morgan fingerprint density at radius 1 is 1.17 bits per heavy atom. The number of hydrogen-bond donors (Lipinski definition) is 1. The molecule has 0 saturated heterocycles. The highest BCUT2D eigenvalue weighted by atomic mass is 31.2. The second kappa shape index (κ2) is 9.28. The lowest BCUT2D eigenvalue weighted by molar-refractivity contribution is -0.138. The van der Waals surface area contributed by atoms with Gasteiger partial charge in [-0.15, -0.1) is 0 Å². The van der Waals surface area contributed by atoms with Crippen LogP contribution in [0.1, 0.15) is 24.2 Å². The number of carbonyl (C=O) groups is 2. The van der Waals surface area contributed by atoms with Crippen LogP contribution in [0.3, 0.4) is 0 Å². The molecule has 0 radical (unpaired) electrons. The molecule has 0 heterocycles. The first-order valence-corrected chi connectivity index (χ1v) is 9.60. The van der Waals surface area contributed by atoms with E-state index in [1.54, 1.807) is 44.2 Å². The summed E-state index contributed by atoms with van der Waals surface area (Å²) in [5.41, 5.74) is 0.370. The van der Waals surface area contributed by atoms with Gasteiger partial charge in [0, 0.05) is 18.4 Å². The maximum absolute atomic E-state index is 12.2. The van der Waals surface area contributed by atoms with E-state index in [0.29, 0.717) is 12.2 Å². The zero-order valence-corrected chi connectivity index (χ0v) is 14.5. The van der Waals surface area contributed by atoms with Crippen molar-refractivity contribution in [2.75, 3.05) is 26.0 Å². The highest BCUT2D eigenvalue weighted by Crippen LogP contribution is 2.42. The van der Waals surface area contributed by atoms with Crippen LogP contribution in [0, 0.1) is 0 Å². The van der Waals surface area contributed by atoms with Gasteiger partial charge < -0.3 is 14.6 Å². The lowest BCUT2D eigenvalue weighted by atomic mass is 10.2. The Labute approximate surface area is 136 Å². The van der Waals surface area contributed by atoms with E-state index in [0.717, 1.165) is 0 Å². The monoisotopic (exact) mass is 339 g/mol. The highest BCUT2D eigenvalue weighted by Gasteiger charge is 2.19. The molecule has 23 heavy (non-hydrogen) atoms. The molecule has 1 atom stereocenters. The van der Waals surface area contributed by atoms with E-state index in [1.165, 1.54) is 12.7 Å². The number of ether oxygens (including phenoxy) is 1. The Bertz CT molecular complexity index is 612. The van der Waals surface area contributed by atoms with Gasteiger partial charge in [0.1, 0.15) is 5.70 Å². The Morgan fingerprint density at radius 2 is 1.83 bits per heavy atom. The Kier molecular flexibility index (Phi) is 7.72. The summed E-state index contributed by atoms with van der Waals surface area (Å²) in [5, 5.41) is 2.50. The van der Waals surface area contributed by atoms with Gasteiger partial charge in [-0.25, -0.2) is 4.79 Å². The minimum atomic E-state index is -2.86. The molecule has 0 aliphatic rings. The number of rotatable bonds is 8. The molecule has 0 bridgehead atoms. The van der Waals surface area contributed by atoms with Crippen molar-refractivity contribution in [3.8, 4) is 0 Å². The fourth-order valence-electron chi connectivity index (χ4n) is 1.76. The van der Waals surface area contributed by atoms with Crippen molar-refractivity contribution in [2.24, 2.45) is 0 Å². The molecular formula is C16H22NO5P. The van der Waals surface area contributed by atoms with Gasteiger partial charge in [-0.3, -0.25) is 9.36 Å². The molecule has 6 nitrogen and oxygen atoms in total. The summed E-state index contributed by atoms with van der Waals surface area (Å²) in [4.78, 5) is 24.1. The highest BCUT2D eigenvalue weighted by molar-refractivity contribution is 7.58. The third-order valence-electron chi connectivity index (χ3n) is 2.81. The van der Waals surface area contributed by atoms with Crippen molar-refractivity contribution in [3.63, 3.8) is 0 Å². The van der Waals surface area contributed by atoms with Crippen LogP contribution in [-0.4, -0.2) is 37.9 Å². The summed E-state index contributed by atoms with van der Waals surface area (Å²) >= 11 is 0. The largest absolute Gasteiger partial charge is 0.461 e. The molecular weight excluding hydrogens is 317 g/mol. The summed E-state index contributed by atoms with van der Waals surface area (Å²) in [6, 6.07) is 8.48. The van der Waals surface area contributed by atoms with E-state index in [-0.39, 0.29) is 18.5 Å². The molecule has 0 aromatic heterocycles. The average molecular weight is 339 g/mol. The Morgan fingerprint density at radius 3 is 2.39 bits per heavy atom. The summed E-state index contributed by atoms with van der Waals surface area (Å²) in [7, 11) is -2.86. The molecule has 0 aliphatic heterocycles. The second-order valence-corrected chi connectivity index (χ2v) is 7.42. The minimum absolute atomic E-state index is 0.0318. The van der Waals surface area contributed by atoms with Crippen molar-refractivity contribution in [1.29, 1.82) is 0 Å². The van der Waals surface area contributed by atoms with Crippen molar-refractivity contribution in [2.45, 2.75) is 13.8 Å². The van der Waals surface area contributed by atoms with Crippen LogP contribution < -0.4 is 5.32 Å². The van der Waals surface area contributed by atoms with Crippen molar-refractivity contribution < 1.29 is 23.4 Å². The number of amides is 1. The number of carbonyl (C=O) groups excluding carboxylic acids is 2. The number of allylic oxidation sites excluding steroid dienone is 1. The molecule has 1 unspecified atom stereocenters. The first kappa shape index (κ1) is 19.1. The first-order valence-electron chi connectivity index (χ1n) is 7.34. The van der Waals surface area contributed by atoms with Gasteiger partial charge >= 0.3 is 5.97 Å². The normalized spacial score (nSPS) is 14.0. The van der Waals surface area contributed by atoms with Crippen LogP contribution in [-0.2, 0) is 18.6 Å². The molecule has 1 N–H and O–H groups in total. The predicted octanol–water partition coefficient (Wildman–Crippen LogP) is 2.81. The molecule has 0 saturated carbocycles. The van der Waals surface area contributed by atoms with Crippen LogP contribution in [0.2, 0.25) is 0 Å². The van der Waals surface area contributed by atoms with E-state index in [2.05, 4.69) is 5.32 Å². The zero-order valence-electron chi connectivity index (χ0n) is 13.6. The molecule has 126 valence electrons. The van der Waals surface area contributed by atoms with Gasteiger partial charge in [-0.2, -0.15) is 0 Å². The van der Waals surface area contributed by atoms with Crippen molar-refractivity contribution in [1.82, 2.24) is 5.32 Å². The third kappa shape index (κ3) is 6.80. The summed E-state index contributed by atoms with van der Waals surface area (Å²) in [6.45, 7) is 5.37. The minimum Gasteiger partial charge on any atom is -0.461 e. The number of benzene rings is 1. The SMILES string of the molecule is CCOC(=O)/C(=C/CP(C)(=O)OCC)NC(=O)c1ccccc1. The molecule has 1 amide bonds. The quantitative estimate of drug-likeness (QED) is 0.447. The standard InChI is InChI=1S/C16H22NO5P/c1-4-21-16(19)14(11-12-23(3,20)22-5-2)17-15(18)13-9-7-6-8-10-13/h6-11H,4-5,12H2,1-3H3,(H,17,18)/b14-11-.